The number of nitrogens with one attached hydrogen (secondary N) is 1. The number of nitrogen functional groups attached to an aromatic ring is 1. The van der Waals surface area contributed by atoms with Crippen LogP contribution in [0.1, 0.15) is 12.0 Å². The minimum Gasteiger partial charge on any atom is -0.398 e. The van der Waals surface area contributed by atoms with Crippen LogP contribution in [0, 0.1) is 12.7 Å². The number of rotatable bonds is 6. The second-order valence-electron chi connectivity index (χ2n) is 4.52. The Bertz CT molecular complexity index is 699. The lowest BCUT2D eigenvalue weighted by Gasteiger charge is -2.09. The zero-order valence-electron chi connectivity index (χ0n) is 11.2. The normalized spacial score (nSPS) is 12.6. The summed E-state index contributed by atoms with van der Waals surface area (Å²) in [7, 11) is -7.20. The molecule has 1 aromatic carbocycles. The largest absolute Gasteiger partial charge is 0.398 e. The van der Waals surface area contributed by atoms with Gasteiger partial charge in [0.25, 0.3) is 0 Å². The Morgan fingerprint density at radius 2 is 1.85 bits per heavy atom. The molecule has 0 aromatic heterocycles. The standard InChI is InChI=1S/C11H17FN2O4S2/c1-8-6-9(12)11(7-10(8)13)20(17,18)14-4-3-5-19(2,15)16/h6-7,14H,3-5,13H2,1-2H3. The van der Waals surface area contributed by atoms with Crippen LogP contribution in [0.3, 0.4) is 0 Å². The third-order valence-corrected chi connectivity index (χ3v) is 5.10. The Morgan fingerprint density at radius 3 is 2.40 bits per heavy atom. The molecule has 0 aliphatic carbocycles. The molecule has 20 heavy (non-hydrogen) atoms. The topological polar surface area (TPSA) is 106 Å². The summed E-state index contributed by atoms with van der Waals surface area (Å²) in [6, 6.07) is 2.09. The van der Waals surface area contributed by atoms with Crippen LogP contribution >= 0.6 is 0 Å². The molecule has 0 fully saturated rings. The van der Waals surface area contributed by atoms with Gasteiger partial charge in [-0.05, 0) is 31.0 Å². The number of sulfonamides is 1. The first-order valence-electron chi connectivity index (χ1n) is 5.76. The van der Waals surface area contributed by atoms with Gasteiger partial charge in [-0.3, -0.25) is 0 Å². The molecule has 0 heterocycles. The van der Waals surface area contributed by atoms with Gasteiger partial charge in [0.1, 0.15) is 20.5 Å². The molecule has 0 amide bonds. The number of aryl methyl sites for hydroxylation is 1. The van der Waals surface area contributed by atoms with Gasteiger partial charge >= 0.3 is 0 Å². The fourth-order valence-electron chi connectivity index (χ4n) is 1.49. The van der Waals surface area contributed by atoms with E-state index in [0.29, 0.717) is 5.56 Å². The van der Waals surface area contributed by atoms with Crippen LogP contribution in [0.25, 0.3) is 0 Å². The molecule has 6 nitrogen and oxygen atoms in total. The summed E-state index contributed by atoms with van der Waals surface area (Å²) in [5.74, 6) is -1.04. The summed E-state index contributed by atoms with van der Waals surface area (Å²) in [5, 5.41) is 0. The lowest BCUT2D eigenvalue weighted by atomic mass is 10.2. The molecular formula is C11H17FN2O4S2. The fourth-order valence-corrected chi connectivity index (χ4v) is 3.33. The number of anilines is 1. The van der Waals surface area contributed by atoms with Crippen LogP contribution in [0.15, 0.2) is 17.0 Å². The van der Waals surface area contributed by atoms with Crippen molar-refractivity contribution in [1.29, 1.82) is 0 Å². The first kappa shape index (κ1) is 16.9. The second-order valence-corrected chi connectivity index (χ2v) is 8.52. The molecule has 114 valence electrons. The maximum atomic E-state index is 13.7. The predicted octanol–water partition coefficient (Wildman–Crippen LogP) is 0.429. The van der Waals surface area contributed by atoms with Gasteiger partial charge in [-0.15, -0.1) is 0 Å². The number of sulfone groups is 1. The molecule has 9 heteroatoms. The van der Waals surface area contributed by atoms with Crippen molar-refractivity contribution in [3.8, 4) is 0 Å². The van der Waals surface area contributed by atoms with E-state index in [9.17, 15) is 21.2 Å². The van der Waals surface area contributed by atoms with Crippen molar-refractivity contribution in [2.24, 2.45) is 0 Å². The van der Waals surface area contributed by atoms with Gasteiger partial charge in [-0.1, -0.05) is 0 Å². The number of nitrogens with two attached hydrogens (primary N) is 1. The fraction of sp³-hybridized carbons (Fsp3) is 0.455. The van der Waals surface area contributed by atoms with Gasteiger partial charge in [-0.2, -0.15) is 0 Å². The van der Waals surface area contributed by atoms with Gasteiger partial charge in [-0.25, -0.2) is 25.9 Å². The third-order valence-electron chi connectivity index (χ3n) is 2.59. The first-order chi connectivity index (χ1) is 9.03. The number of hydrogen-bond acceptors (Lipinski definition) is 5. The SMILES string of the molecule is Cc1cc(F)c(S(=O)(=O)NCCCS(C)(=O)=O)cc1N. The molecule has 1 rings (SSSR count). The Balaban J connectivity index is 2.82. The highest BCUT2D eigenvalue weighted by atomic mass is 32.2. The molecule has 0 atom stereocenters. The van der Waals surface area contributed by atoms with E-state index in [0.717, 1.165) is 18.4 Å². The summed E-state index contributed by atoms with van der Waals surface area (Å²) in [6.45, 7) is 1.47. The van der Waals surface area contributed by atoms with E-state index in [4.69, 9.17) is 5.73 Å². The molecule has 0 saturated carbocycles. The molecule has 0 bridgehead atoms. The Morgan fingerprint density at radius 1 is 1.25 bits per heavy atom. The molecule has 0 aliphatic heterocycles. The average Bonchev–Trinajstić information content (AvgIpc) is 2.28. The van der Waals surface area contributed by atoms with E-state index in [2.05, 4.69) is 4.72 Å². The van der Waals surface area contributed by atoms with Crippen LogP contribution < -0.4 is 10.5 Å². The van der Waals surface area contributed by atoms with Gasteiger partial charge < -0.3 is 5.73 Å². The maximum absolute atomic E-state index is 13.7. The third kappa shape index (κ3) is 4.73. The molecule has 0 aliphatic rings. The van der Waals surface area contributed by atoms with Crippen LogP contribution in [-0.4, -0.2) is 35.4 Å². The Kier molecular flexibility index (Phi) is 5.11. The molecular weight excluding hydrogens is 307 g/mol. The lowest BCUT2D eigenvalue weighted by molar-refractivity contribution is 0.555. The summed E-state index contributed by atoms with van der Waals surface area (Å²) in [5.41, 5.74) is 6.17. The lowest BCUT2D eigenvalue weighted by Crippen LogP contribution is -2.27. The van der Waals surface area contributed by atoms with Crippen molar-refractivity contribution in [3.63, 3.8) is 0 Å². The number of benzene rings is 1. The van der Waals surface area contributed by atoms with Gasteiger partial charge in [0, 0.05) is 18.5 Å². The molecule has 0 saturated heterocycles. The zero-order chi connectivity index (χ0) is 15.6. The van der Waals surface area contributed by atoms with Crippen LogP contribution in [0.2, 0.25) is 0 Å². The predicted molar refractivity (Wildman–Crippen MR) is 75.1 cm³/mol. The van der Waals surface area contributed by atoms with Crippen molar-refractivity contribution in [2.45, 2.75) is 18.2 Å². The minimum absolute atomic E-state index is 0.0946. The van der Waals surface area contributed by atoms with E-state index < -0.39 is 30.6 Å². The zero-order valence-corrected chi connectivity index (χ0v) is 12.8. The number of halogens is 1. The Hall–Kier alpha value is -1.19. The van der Waals surface area contributed by atoms with Gasteiger partial charge in [0.05, 0.1) is 5.75 Å². The molecule has 1 aromatic rings. The van der Waals surface area contributed by atoms with Crippen molar-refractivity contribution in [1.82, 2.24) is 4.72 Å². The van der Waals surface area contributed by atoms with E-state index in [-0.39, 0.29) is 24.4 Å². The van der Waals surface area contributed by atoms with Gasteiger partial charge in [0.2, 0.25) is 10.0 Å². The summed E-state index contributed by atoms with van der Waals surface area (Å²) in [6.07, 6.45) is 1.17. The van der Waals surface area contributed by atoms with Crippen molar-refractivity contribution in [3.05, 3.63) is 23.5 Å². The average molecular weight is 324 g/mol. The van der Waals surface area contributed by atoms with Crippen LogP contribution in [0.4, 0.5) is 10.1 Å². The van der Waals surface area contributed by atoms with Crippen molar-refractivity contribution >= 4 is 25.5 Å². The van der Waals surface area contributed by atoms with Crippen molar-refractivity contribution in [2.75, 3.05) is 24.3 Å². The summed E-state index contributed by atoms with van der Waals surface area (Å²) < 4.78 is 61.4. The summed E-state index contributed by atoms with van der Waals surface area (Å²) in [4.78, 5) is -0.542. The summed E-state index contributed by atoms with van der Waals surface area (Å²) >= 11 is 0. The quantitative estimate of drug-likeness (QED) is 0.583. The monoisotopic (exact) mass is 324 g/mol. The molecule has 3 N–H and O–H groups in total. The first-order valence-corrected chi connectivity index (χ1v) is 9.30. The van der Waals surface area contributed by atoms with E-state index in [1.54, 1.807) is 6.92 Å². The van der Waals surface area contributed by atoms with E-state index in [1.807, 2.05) is 0 Å². The second kappa shape index (κ2) is 6.06. The van der Waals surface area contributed by atoms with E-state index in [1.165, 1.54) is 0 Å². The smallest absolute Gasteiger partial charge is 0.243 e. The van der Waals surface area contributed by atoms with Crippen molar-refractivity contribution < 1.29 is 21.2 Å². The molecule has 0 unspecified atom stereocenters. The Labute approximate surface area is 118 Å². The highest BCUT2D eigenvalue weighted by Crippen LogP contribution is 2.21. The molecule has 0 spiro atoms. The minimum atomic E-state index is -4.05. The molecule has 0 radical (unpaired) electrons. The highest BCUT2D eigenvalue weighted by molar-refractivity contribution is 7.90. The maximum Gasteiger partial charge on any atom is 0.243 e. The van der Waals surface area contributed by atoms with Gasteiger partial charge in [0.15, 0.2) is 0 Å². The highest BCUT2D eigenvalue weighted by Gasteiger charge is 2.20. The van der Waals surface area contributed by atoms with Crippen LogP contribution in [-0.2, 0) is 19.9 Å². The number of hydrogen-bond donors (Lipinski definition) is 2. The van der Waals surface area contributed by atoms with E-state index >= 15 is 0 Å². The van der Waals surface area contributed by atoms with Crippen LogP contribution in [0.5, 0.6) is 0 Å².